The number of esters is 1. The van der Waals surface area contributed by atoms with Gasteiger partial charge in [-0.05, 0) is 42.2 Å². The lowest BCUT2D eigenvalue weighted by molar-refractivity contribution is -0.132. The van der Waals surface area contributed by atoms with Crippen LogP contribution >= 0.6 is 23.2 Å². The summed E-state index contributed by atoms with van der Waals surface area (Å²) in [4.78, 5) is 10.4. The van der Waals surface area contributed by atoms with E-state index < -0.39 is 10.8 Å². The van der Waals surface area contributed by atoms with E-state index in [1.165, 1.54) is 7.11 Å². The van der Waals surface area contributed by atoms with Crippen molar-refractivity contribution in [1.82, 2.24) is 0 Å². The predicted octanol–water partition coefficient (Wildman–Crippen LogP) is 4.21. The van der Waals surface area contributed by atoms with Crippen LogP contribution < -0.4 is 18.9 Å². The lowest BCUT2D eigenvalue weighted by Crippen LogP contribution is -2.16. The average Bonchev–Trinajstić information content (AvgIpc) is 2.65. The van der Waals surface area contributed by atoms with Gasteiger partial charge in [0.25, 0.3) is 0 Å². The fraction of sp³-hybridized carbons (Fsp3) is 0.316. The highest BCUT2D eigenvalue weighted by Gasteiger charge is 2.18. The highest BCUT2D eigenvalue weighted by atomic mass is 35.5. The van der Waals surface area contributed by atoms with Crippen molar-refractivity contribution in [2.75, 3.05) is 21.3 Å². The fourth-order valence-electron chi connectivity index (χ4n) is 2.54. The van der Waals surface area contributed by atoms with Gasteiger partial charge in [0.2, 0.25) is 4.84 Å². The van der Waals surface area contributed by atoms with Gasteiger partial charge in [0.1, 0.15) is 0 Å². The summed E-state index contributed by atoms with van der Waals surface area (Å²) in [6.07, 6.45) is 1.41. The summed E-state index contributed by atoms with van der Waals surface area (Å²) < 4.78 is 21.2. The van der Waals surface area contributed by atoms with Crippen LogP contribution in [0.1, 0.15) is 11.1 Å². The Morgan fingerprint density at radius 2 is 1.65 bits per heavy atom. The Morgan fingerprint density at radius 1 is 0.923 bits per heavy atom. The molecule has 0 aliphatic carbocycles. The molecular weight excluding hydrogens is 379 g/mol. The van der Waals surface area contributed by atoms with Gasteiger partial charge in [-0.3, -0.25) is 0 Å². The first-order valence-electron chi connectivity index (χ1n) is 7.86. The number of carbonyl (C=O) groups is 1. The number of aryl methyl sites for hydroxylation is 2. The SMILES string of the molecule is COc1ccc(CCc2cccc(OC(=O)C(Cl)Cl)c2OC)cc1OC. The number of ether oxygens (including phenoxy) is 4. The molecule has 5 nitrogen and oxygen atoms in total. The van der Waals surface area contributed by atoms with Gasteiger partial charge in [-0.1, -0.05) is 41.4 Å². The highest BCUT2D eigenvalue weighted by molar-refractivity contribution is 6.53. The topological polar surface area (TPSA) is 54.0 Å². The Balaban J connectivity index is 2.18. The third-order valence-corrected chi connectivity index (χ3v) is 4.14. The molecule has 0 bridgehead atoms. The van der Waals surface area contributed by atoms with Crippen LogP contribution in [0.4, 0.5) is 0 Å². The molecule has 2 aromatic rings. The van der Waals surface area contributed by atoms with Gasteiger partial charge in [-0.25, -0.2) is 4.79 Å². The average molecular weight is 399 g/mol. The molecule has 2 rings (SSSR count). The smallest absolute Gasteiger partial charge is 0.344 e. The van der Waals surface area contributed by atoms with E-state index in [-0.39, 0.29) is 5.75 Å². The van der Waals surface area contributed by atoms with Gasteiger partial charge in [0.15, 0.2) is 23.0 Å². The van der Waals surface area contributed by atoms with Crippen LogP contribution in [0.2, 0.25) is 0 Å². The van der Waals surface area contributed by atoms with E-state index in [0.29, 0.717) is 23.7 Å². The van der Waals surface area contributed by atoms with Crippen molar-refractivity contribution in [1.29, 1.82) is 0 Å². The number of benzene rings is 2. The number of halogens is 2. The van der Waals surface area contributed by atoms with E-state index in [4.69, 9.17) is 42.1 Å². The fourth-order valence-corrected chi connectivity index (χ4v) is 2.63. The van der Waals surface area contributed by atoms with Crippen LogP contribution in [-0.4, -0.2) is 32.1 Å². The number of hydrogen-bond donors (Lipinski definition) is 0. The van der Waals surface area contributed by atoms with Gasteiger partial charge >= 0.3 is 5.97 Å². The molecule has 0 aliphatic heterocycles. The first kappa shape index (κ1) is 20.2. The molecule has 0 spiro atoms. The number of alkyl halides is 2. The Hall–Kier alpha value is -2.11. The highest BCUT2D eigenvalue weighted by Crippen LogP contribution is 2.33. The van der Waals surface area contributed by atoms with Crippen molar-refractivity contribution >= 4 is 29.2 Å². The molecule has 0 saturated heterocycles. The molecule has 0 unspecified atom stereocenters. The summed E-state index contributed by atoms with van der Waals surface area (Å²) in [7, 11) is 4.72. The monoisotopic (exact) mass is 398 g/mol. The summed E-state index contributed by atoms with van der Waals surface area (Å²) in [5, 5.41) is 0. The lowest BCUT2D eigenvalue weighted by atomic mass is 10.0. The molecule has 0 amide bonds. The van der Waals surface area contributed by atoms with E-state index in [2.05, 4.69) is 0 Å². The van der Waals surface area contributed by atoms with E-state index in [0.717, 1.165) is 17.5 Å². The van der Waals surface area contributed by atoms with Crippen molar-refractivity contribution in [3.8, 4) is 23.0 Å². The maximum atomic E-state index is 11.6. The van der Waals surface area contributed by atoms with E-state index >= 15 is 0 Å². The third-order valence-electron chi connectivity index (χ3n) is 3.78. The van der Waals surface area contributed by atoms with Crippen LogP contribution in [0, 0.1) is 0 Å². The van der Waals surface area contributed by atoms with Gasteiger partial charge in [0.05, 0.1) is 21.3 Å². The van der Waals surface area contributed by atoms with Gasteiger partial charge in [0, 0.05) is 0 Å². The summed E-state index contributed by atoms with van der Waals surface area (Å²) >= 11 is 11.1. The second-order valence-corrected chi connectivity index (χ2v) is 6.46. The predicted molar refractivity (Wildman–Crippen MR) is 101 cm³/mol. The summed E-state index contributed by atoms with van der Waals surface area (Å²) in [5.74, 6) is 1.38. The van der Waals surface area contributed by atoms with Crippen molar-refractivity contribution in [2.45, 2.75) is 17.7 Å². The minimum atomic E-state index is -1.25. The molecule has 26 heavy (non-hydrogen) atoms. The lowest BCUT2D eigenvalue weighted by Gasteiger charge is -2.14. The molecule has 0 aliphatic rings. The number of para-hydroxylation sites is 1. The van der Waals surface area contributed by atoms with Crippen LogP contribution in [0.5, 0.6) is 23.0 Å². The number of hydrogen-bond acceptors (Lipinski definition) is 5. The van der Waals surface area contributed by atoms with Gasteiger partial charge < -0.3 is 18.9 Å². The molecule has 0 atom stereocenters. The number of carbonyl (C=O) groups excluding carboxylic acids is 1. The maximum Gasteiger partial charge on any atom is 0.344 e. The van der Waals surface area contributed by atoms with Gasteiger partial charge in [-0.2, -0.15) is 0 Å². The zero-order chi connectivity index (χ0) is 19.1. The molecule has 0 saturated carbocycles. The zero-order valence-corrected chi connectivity index (χ0v) is 16.3. The first-order valence-corrected chi connectivity index (χ1v) is 8.74. The van der Waals surface area contributed by atoms with Crippen LogP contribution in [0.3, 0.4) is 0 Å². The molecule has 0 fully saturated rings. The maximum absolute atomic E-state index is 11.6. The first-order chi connectivity index (χ1) is 12.5. The summed E-state index contributed by atoms with van der Waals surface area (Å²) in [5.41, 5.74) is 1.97. The van der Waals surface area contributed by atoms with Crippen molar-refractivity contribution in [3.05, 3.63) is 47.5 Å². The Labute approximate surface area is 162 Å². The molecule has 7 heteroatoms. The molecular formula is C19H20Cl2O5. The second-order valence-electron chi connectivity index (χ2n) is 5.36. The largest absolute Gasteiger partial charge is 0.493 e. The minimum Gasteiger partial charge on any atom is -0.493 e. The van der Waals surface area contributed by atoms with Crippen molar-refractivity contribution in [3.63, 3.8) is 0 Å². The quantitative estimate of drug-likeness (QED) is 0.378. The third kappa shape index (κ3) is 4.96. The number of methoxy groups -OCH3 is 3. The molecule has 140 valence electrons. The Bertz CT molecular complexity index is 762. The summed E-state index contributed by atoms with van der Waals surface area (Å²) in [6.45, 7) is 0. The van der Waals surface area contributed by atoms with Crippen LogP contribution in [0.25, 0.3) is 0 Å². The van der Waals surface area contributed by atoms with Crippen LogP contribution in [-0.2, 0) is 17.6 Å². The van der Waals surface area contributed by atoms with E-state index in [1.54, 1.807) is 26.4 Å². The van der Waals surface area contributed by atoms with Crippen molar-refractivity contribution in [2.24, 2.45) is 0 Å². The molecule has 0 N–H and O–H groups in total. The Kier molecular flexibility index (Phi) is 7.42. The molecule has 2 aromatic carbocycles. The zero-order valence-electron chi connectivity index (χ0n) is 14.8. The second kappa shape index (κ2) is 9.55. The van der Waals surface area contributed by atoms with Crippen molar-refractivity contribution < 1.29 is 23.7 Å². The normalized spacial score (nSPS) is 10.5. The summed E-state index contributed by atoms with van der Waals surface area (Å²) in [6, 6.07) is 11.1. The molecule has 0 radical (unpaired) electrons. The van der Waals surface area contributed by atoms with E-state index in [1.807, 2.05) is 24.3 Å². The minimum absolute atomic E-state index is 0.286. The van der Waals surface area contributed by atoms with Gasteiger partial charge in [-0.15, -0.1) is 0 Å². The Morgan fingerprint density at radius 3 is 2.27 bits per heavy atom. The van der Waals surface area contributed by atoms with Crippen LogP contribution in [0.15, 0.2) is 36.4 Å². The molecule has 0 aromatic heterocycles. The number of rotatable bonds is 8. The standard InChI is InChI=1S/C19H20Cl2O5/c1-23-14-10-8-12(11-16(14)24-2)7-9-13-5-4-6-15(17(13)25-3)26-19(22)18(20)21/h4-6,8,10-11,18H,7,9H2,1-3H3. The molecule has 0 heterocycles. The van der Waals surface area contributed by atoms with E-state index in [9.17, 15) is 4.79 Å².